The van der Waals surface area contributed by atoms with E-state index in [1.807, 2.05) is 6.92 Å². The molecule has 1 atom stereocenters. The van der Waals surface area contributed by atoms with Gasteiger partial charge in [0.25, 0.3) is 5.91 Å². The molecule has 4 rings (SSSR count). The summed E-state index contributed by atoms with van der Waals surface area (Å²) in [5.41, 5.74) is 1.25. The maximum absolute atomic E-state index is 13.4. The van der Waals surface area contributed by atoms with Gasteiger partial charge in [-0.15, -0.1) is 0 Å². The van der Waals surface area contributed by atoms with Crippen molar-refractivity contribution in [2.45, 2.75) is 25.8 Å². The van der Waals surface area contributed by atoms with Gasteiger partial charge in [0.1, 0.15) is 11.4 Å². The summed E-state index contributed by atoms with van der Waals surface area (Å²) < 4.78 is 19.2. The van der Waals surface area contributed by atoms with Crippen LogP contribution < -0.4 is 5.43 Å². The maximum Gasteiger partial charge on any atom is 0.290 e. The van der Waals surface area contributed by atoms with Crippen molar-refractivity contribution in [3.63, 3.8) is 0 Å². The number of carbonyl (C=O) groups is 1. The zero-order valence-electron chi connectivity index (χ0n) is 14.4. The topological polar surface area (TPSA) is 50.5 Å². The fraction of sp³-hybridized carbons (Fsp3) is 0.238. The molecule has 132 valence electrons. The molecule has 0 radical (unpaired) electrons. The molecule has 2 aromatic carbocycles. The van der Waals surface area contributed by atoms with Gasteiger partial charge in [0.2, 0.25) is 5.76 Å². The fourth-order valence-corrected chi connectivity index (χ4v) is 3.52. The highest BCUT2D eigenvalue weighted by atomic mass is 19.1. The molecule has 3 aromatic rings. The molecule has 0 spiro atoms. The largest absolute Gasteiger partial charge is 0.450 e. The van der Waals surface area contributed by atoms with Crippen LogP contribution in [0.5, 0.6) is 0 Å². The zero-order valence-corrected chi connectivity index (χ0v) is 14.4. The summed E-state index contributed by atoms with van der Waals surface area (Å²) in [7, 11) is 0. The van der Waals surface area contributed by atoms with Crippen LogP contribution in [0, 0.1) is 5.82 Å². The molecule has 0 N–H and O–H groups in total. The van der Waals surface area contributed by atoms with Gasteiger partial charge < -0.3 is 9.32 Å². The maximum atomic E-state index is 13.4. The van der Waals surface area contributed by atoms with E-state index in [4.69, 9.17) is 4.42 Å². The summed E-state index contributed by atoms with van der Waals surface area (Å²) in [6, 6.07) is 12.3. The molecule has 5 heteroatoms. The van der Waals surface area contributed by atoms with E-state index >= 15 is 0 Å². The smallest absolute Gasteiger partial charge is 0.290 e. The number of hydrogen-bond donors (Lipinski definition) is 0. The number of rotatable bonds is 4. The van der Waals surface area contributed by atoms with Gasteiger partial charge in [-0.3, -0.25) is 9.59 Å². The van der Waals surface area contributed by atoms with Gasteiger partial charge in [-0.05, 0) is 36.2 Å². The molecule has 2 heterocycles. The first-order valence-corrected chi connectivity index (χ1v) is 8.74. The SMILES string of the molecule is CCCCN1C(=O)c2oc3ccccc3c(=O)c2C1c1ccc(F)cc1. The monoisotopic (exact) mass is 351 g/mol. The quantitative estimate of drug-likeness (QED) is 0.705. The number of amides is 1. The highest BCUT2D eigenvalue weighted by molar-refractivity contribution is 5.99. The minimum atomic E-state index is -0.550. The Bertz CT molecular complexity index is 1040. The third-order valence-electron chi connectivity index (χ3n) is 4.81. The van der Waals surface area contributed by atoms with Crippen molar-refractivity contribution in [2.24, 2.45) is 0 Å². The Balaban J connectivity index is 1.96. The number of carbonyl (C=O) groups excluding carboxylic acids is 1. The molecule has 1 aliphatic heterocycles. The van der Waals surface area contributed by atoms with Crippen LogP contribution in [0.15, 0.2) is 57.7 Å². The molecular weight excluding hydrogens is 333 g/mol. The number of benzene rings is 2. The van der Waals surface area contributed by atoms with Crippen molar-refractivity contribution >= 4 is 16.9 Å². The van der Waals surface area contributed by atoms with Crippen LogP contribution in [0.3, 0.4) is 0 Å². The summed E-state index contributed by atoms with van der Waals surface area (Å²) in [4.78, 5) is 27.7. The number of hydrogen-bond acceptors (Lipinski definition) is 3. The van der Waals surface area contributed by atoms with E-state index in [1.54, 1.807) is 41.3 Å². The highest BCUT2D eigenvalue weighted by Gasteiger charge is 2.42. The van der Waals surface area contributed by atoms with Crippen LogP contribution in [0.4, 0.5) is 4.39 Å². The standard InChI is InChI=1S/C21H18FNO3/c1-2-3-12-23-18(13-8-10-14(22)11-9-13)17-19(24)15-6-4-5-7-16(15)26-20(17)21(23)25/h4-11,18H,2-3,12H2,1H3. The normalized spacial score (nSPS) is 16.3. The molecule has 0 fully saturated rings. The highest BCUT2D eigenvalue weighted by Crippen LogP contribution is 2.38. The van der Waals surface area contributed by atoms with Gasteiger partial charge in [0.15, 0.2) is 5.43 Å². The molecular formula is C21H18FNO3. The van der Waals surface area contributed by atoms with Gasteiger partial charge in [0.05, 0.1) is 17.0 Å². The third kappa shape index (κ3) is 2.51. The molecule has 0 saturated heterocycles. The molecule has 0 saturated carbocycles. The van der Waals surface area contributed by atoms with Crippen LogP contribution in [-0.2, 0) is 0 Å². The van der Waals surface area contributed by atoms with E-state index in [9.17, 15) is 14.0 Å². The van der Waals surface area contributed by atoms with Crippen molar-refractivity contribution in [3.05, 3.63) is 81.5 Å². The first-order valence-electron chi connectivity index (χ1n) is 8.74. The van der Waals surface area contributed by atoms with Crippen molar-refractivity contribution < 1.29 is 13.6 Å². The summed E-state index contributed by atoms with van der Waals surface area (Å²) >= 11 is 0. The molecule has 1 unspecified atom stereocenters. The van der Waals surface area contributed by atoms with Crippen molar-refractivity contribution in [3.8, 4) is 0 Å². The van der Waals surface area contributed by atoms with Gasteiger partial charge in [0, 0.05) is 6.54 Å². The number of unbranched alkanes of at least 4 members (excludes halogenated alkanes) is 1. The first kappa shape index (κ1) is 16.5. The van der Waals surface area contributed by atoms with E-state index in [2.05, 4.69) is 0 Å². The second-order valence-electron chi connectivity index (χ2n) is 6.48. The first-order chi connectivity index (χ1) is 12.6. The Hall–Kier alpha value is -2.95. The lowest BCUT2D eigenvalue weighted by molar-refractivity contribution is 0.0725. The average molecular weight is 351 g/mol. The van der Waals surface area contributed by atoms with Crippen LogP contribution >= 0.6 is 0 Å². The molecule has 4 nitrogen and oxygen atoms in total. The molecule has 1 aliphatic rings. The van der Waals surface area contributed by atoms with E-state index in [-0.39, 0.29) is 22.9 Å². The van der Waals surface area contributed by atoms with Crippen molar-refractivity contribution in [1.82, 2.24) is 4.90 Å². The Morgan fingerprint density at radius 1 is 1.08 bits per heavy atom. The van der Waals surface area contributed by atoms with Crippen LogP contribution in [0.25, 0.3) is 11.0 Å². The van der Waals surface area contributed by atoms with Crippen molar-refractivity contribution in [1.29, 1.82) is 0 Å². The van der Waals surface area contributed by atoms with Crippen LogP contribution in [0.2, 0.25) is 0 Å². The number of para-hydroxylation sites is 1. The molecule has 1 amide bonds. The second kappa shape index (κ2) is 6.41. The summed E-state index contributed by atoms with van der Waals surface area (Å²) in [6.07, 6.45) is 1.73. The molecule has 0 aliphatic carbocycles. The lowest BCUT2D eigenvalue weighted by Gasteiger charge is -2.25. The second-order valence-corrected chi connectivity index (χ2v) is 6.48. The Labute approximate surface area is 149 Å². The summed E-state index contributed by atoms with van der Waals surface area (Å²) in [5, 5.41) is 0.448. The van der Waals surface area contributed by atoms with Gasteiger partial charge in [-0.2, -0.15) is 0 Å². The Morgan fingerprint density at radius 3 is 2.54 bits per heavy atom. The van der Waals surface area contributed by atoms with E-state index < -0.39 is 6.04 Å². The van der Waals surface area contributed by atoms with Gasteiger partial charge in [-0.25, -0.2) is 4.39 Å². The van der Waals surface area contributed by atoms with E-state index in [0.717, 1.165) is 12.8 Å². The molecule has 26 heavy (non-hydrogen) atoms. The minimum Gasteiger partial charge on any atom is -0.450 e. The lowest BCUT2D eigenvalue weighted by atomic mass is 9.98. The van der Waals surface area contributed by atoms with Gasteiger partial charge in [-0.1, -0.05) is 37.6 Å². The van der Waals surface area contributed by atoms with Gasteiger partial charge >= 0.3 is 0 Å². The van der Waals surface area contributed by atoms with Crippen LogP contribution in [-0.4, -0.2) is 17.4 Å². The Morgan fingerprint density at radius 2 is 1.81 bits per heavy atom. The summed E-state index contributed by atoms with van der Waals surface area (Å²) in [5.74, 6) is -0.547. The summed E-state index contributed by atoms with van der Waals surface area (Å²) in [6.45, 7) is 2.55. The number of nitrogens with zero attached hydrogens (tertiary/aromatic N) is 1. The zero-order chi connectivity index (χ0) is 18.3. The predicted octanol–water partition coefficient (Wildman–Crippen LogP) is 4.28. The number of fused-ring (bicyclic) bond motifs is 2. The number of halogens is 1. The third-order valence-corrected chi connectivity index (χ3v) is 4.81. The molecule has 0 bridgehead atoms. The average Bonchev–Trinajstić information content (AvgIpc) is 2.93. The van der Waals surface area contributed by atoms with Crippen molar-refractivity contribution in [2.75, 3.05) is 6.54 Å². The predicted molar refractivity (Wildman–Crippen MR) is 96.7 cm³/mol. The van der Waals surface area contributed by atoms with E-state index in [0.29, 0.717) is 28.6 Å². The minimum absolute atomic E-state index is 0.0964. The Kier molecular flexibility index (Phi) is 4.07. The molecule has 1 aromatic heterocycles. The van der Waals surface area contributed by atoms with Crippen LogP contribution in [0.1, 0.15) is 47.5 Å². The lowest BCUT2D eigenvalue weighted by Crippen LogP contribution is -2.30. The fourth-order valence-electron chi connectivity index (χ4n) is 3.52. The van der Waals surface area contributed by atoms with E-state index in [1.165, 1.54) is 12.1 Å².